The number of unbranched alkanes of at least 4 members (excludes halogenated alkanes) is 2. The topological polar surface area (TPSA) is 175 Å². The highest BCUT2D eigenvalue weighted by Gasteiger charge is 2.38. The highest BCUT2D eigenvalue weighted by Crippen LogP contribution is 2.33. The van der Waals surface area contributed by atoms with Gasteiger partial charge in [0.2, 0.25) is 5.91 Å². The number of aromatic nitrogens is 1. The number of amides is 3. The number of nitrogens with zero attached hydrogens (tertiary/aromatic N) is 3. The molecule has 5 atom stereocenters. The summed E-state index contributed by atoms with van der Waals surface area (Å²) >= 11 is 4.34. The number of thiazole rings is 1. The summed E-state index contributed by atoms with van der Waals surface area (Å²) in [6.45, 7) is 15.3. The Hall–Kier alpha value is -3.73. The molecule has 2 aromatic rings. The van der Waals surface area contributed by atoms with Crippen molar-refractivity contribution >= 4 is 70.1 Å². The van der Waals surface area contributed by atoms with Crippen LogP contribution in [0.5, 0.6) is 5.75 Å². The number of thioether (sulfide) groups is 2. The first kappa shape index (κ1) is 52.6. The van der Waals surface area contributed by atoms with Crippen LogP contribution in [0.25, 0.3) is 0 Å². The van der Waals surface area contributed by atoms with Gasteiger partial charge in [-0.05, 0) is 88.6 Å². The number of carbonyl (C=O) groups is 6. The number of phenols is 1. The number of likely N-dealkylation sites (N-methyl/N-ethyl adjacent to an activating group) is 1. The van der Waals surface area contributed by atoms with Crippen molar-refractivity contribution in [2.45, 2.75) is 130 Å². The number of benzene rings is 1. The van der Waals surface area contributed by atoms with E-state index in [2.05, 4.69) is 15.6 Å². The lowest BCUT2D eigenvalue weighted by molar-refractivity contribution is -0.149. The first-order chi connectivity index (χ1) is 29.1. The fraction of sp³-hybridized carbons (Fsp3) is 0.630. The zero-order valence-electron chi connectivity index (χ0n) is 38.4. The minimum Gasteiger partial charge on any atom is -0.508 e. The van der Waals surface area contributed by atoms with Gasteiger partial charge in [-0.15, -0.1) is 34.9 Å². The van der Waals surface area contributed by atoms with E-state index in [4.69, 9.17) is 4.74 Å². The molecule has 2 heterocycles. The fourth-order valence-electron chi connectivity index (χ4n) is 7.19. The van der Waals surface area contributed by atoms with Crippen molar-refractivity contribution in [1.29, 1.82) is 0 Å². The predicted molar refractivity (Wildman–Crippen MR) is 250 cm³/mol. The maximum atomic E-state index is 14.2. The molecule has 1 aliphatic rings. The second-order valence-electron chi connectivity index (χ2n) is 17.7. The summed E-state index contributed by atoms with van der Waals surface area (Å²) < 4.78 is 5.82. The summed E-state index contributed by atoms with van der Waals surface area (Å²) in [6.07, 6.45) is 2.92. The molecule has 3 rings (SSSR count). The van der Waals surface area contributed by atoms with E-state index in [0.29, 0.717) is 37.2 Å². The van der Waals surface area contributed by atoms with Gasteiger partial charge in [0.1, 0.15) is 22.2 Å². The molecule has 0 fully saturated rings. The zero-order chi connectivity index (χ0) is 46.3. The Morgan fingerprint density at radius 2 is 1.60 bits per heavy atom. The molecule has 0 saturated heterocycles. The Kier molecular flexibility index (Phi) is 21.2. The third-order valence-corrected chi connectivity index (χ3v) is 14.9. The van der Waals surface area contributed by atoms with Crippen molar-refractivity contribution in [2.24, 2.45) is 23.7 Å². The average Bonchev–Trinajstić information content (AvgIpc) is 3.93. The van der Waals surface area contributed by atoms with E-state index in [1.807, 2.05) is 72.9 Å². The van der Waals surface area contributed by atoms with Crippen LogP contribution in [-0.4, -0.2) is 106 Å². The van der Waals surface area contributed by atoms with E-state index in [-0.39, 0.29) is 65.4 Å². The van der Waals surface area contributed by atoms with Crippen molar-refractivity contribution in [2.75, 3.05) is 32.8 Å². The molecule has 62 heavy (non-hydrogen) atoms. The molecule has 1 aromatic heterocycles. The number of ketones is 2. The maximum Gasteiger partial charge on any atom is 0.303 e. The number of carbonyl (C=O) groups excluding carboxylic acids is 6. The molecular formula is C46H69N5O8S3. The summed E-state index contributed by atoms with van der Waals surface area (Å²) in [4.78, 5) is 88.3. The van der Waals surface area contributed by atoms with Crippen molar-refractivity contribution < 1.29 is 38.6 Å². The summed E-state index contributed by atoms with van der Waals surface area (Å²) in [7, 11) is 5.42. The first-order valence-corrected chi connectivity index (χ1v) is 24.5. The van der Waals surface area contributed by atoms with E-state index in [1.165, 1.54) is 30.0 Å². The van der Waals surface area contributed by atoms with Gasteiger partial charge in [0, 0.05) is 74.2 Å². The molecule has 0 spiro atoms. The van der Waals surface area contributed by atoms with Crippen LogP contribution in [0.15, 0.2) is 40.0 Å². The van der Waals surface area contributed by atoms with E-state index >= 15 is 0 Å². The molecule has 1 unspecified atom stereocenters. The molecule has 0 aliphatic carbocycles. The Morgan fingerprint density at radius 1 is 0.919 bits per heavy atom. The Labute approximate surface area is 381 Å². The first-order valence-electron chi connectivity index (χ1n) is 21.6. The number of aromatic hydroxyl groups is 1. The standard InChI is InChI=1S/C46H69N5O8S3/c1-28(2)35(23-41(55)46(7,8)50(9)10)45(58)51(11)37(29(3)4)24-39(59-31(6)52)44-49-36(25-61-44)42(56)48-33(22-32-16-18-34(53)19-17-32)21-30(5)38(54)15-13-12-14-20-47-43(57)40-26-60-27-62-40/h16-19,25-26,28-30,33,35,37,39,53H,12-15,20-24,27H2,1-11H3,(H,47,57)(H,48,56)/t30?,33-,35+,37-,39-/m1/s1. The number of esters is 1. The normalized spacial score (nSPS) is 15.4. The van der Waals surface area contributed by atoms with Gasteiger partial charge in [-0.2, -0.15) is 0 Å². The molecule has 3 amide bonds. The Balaban J connectivity index is 1.72. The predicted octanol–water partition coefficient (Wildman–Crippen LogP) is 7.79. The molecule has 3 N–H and O–H groups in total. The highest BCUT2D eigenvalue weighted by molar-refractivity contribution is 8.22. The van der Waals surface area contributed by atoms with Gasteiger partial charge in [0.05, 0.1) is 10.4 Å². The van der Waals surface area contributed by atoms with Gasteiger partial charge in [-0.1, -0.05) is 53.2 Å². The number of phenolic OH excluding ortho intramolecular Hbond substituents is 1. The van der Waals surface area contributed by atoms with Gasteiger partial charge >= 0.3 is 5.97 Å². The van der Waals surface area contributed by atoms with Crippen LogP contribution in [0.2, 0.25) is 0 Å². The number of hydrogen-bond acceptors (Lipinski definition) is 13. The molecular weight excluding hydrogens is 847 g/mol. The van der Waals surface area contributed by atoms with Gasteiger partial charge < -0.3 is 25.4 Å². The van der Waals surface area contributed by atoms with Crippen LogP contribution in [0.3, 0.4) is 0 Å². The Bertz CT molecular complexity index is 1860. The second-order valence-corrected chi connectivity index (χ2v) is 20.8. The van der Waals surface area contributed by atoms with Gasteiger partial charge in [0.25, 0.3) is 11.8 Å². The van der Waals surface area contributed by atoms with E-state index < -0.39 is 41.5 Å². The van der Waals surface area contributed by atoms with Crippen LogP contribution >= 0.6 is 34.9 Å². The number of Topliss-reactive ketones (excluding diaryl/α,β-unsaturated/α-hetero) is 2. The third-order valence-electron chi connectivity index (χ3n) is 11.8. The monoisotopic (exact) mass is 915 g/mol. The average molecular weight is 916 g/mol. The number of nitrogens with one attached hydrogen (secondary N) is 2. The van der Waals surface area contributed by atoms with Gasteiger partial charge in [-0.3, -0.25) is 33.7 Å². The molecule has 344 valence electrons. The third kappa shape index (κ3) is 16.1. The molecule has 13 nitrogen and oxygen atoms in total. The molecule has 0 radical (unpaired) electrons. The lowest BCUT2D eigenvalue weighted by atomic mass is 9.83. The minimum atomic E-state index is -0.849. The zero-order valence-corrected chi connectivity index (χ0v) is 40.9. The largest absolute Gasteiger partial charge is 0.508 e. The van der Waals surface area contributed by atoms with Gasteiger partial charge in [-0.25, -0.2) is 4.98 Å². The number of rotatable bonds is 26. The molecule has 0 saturated carbocycles. The number of ether oxygens (including phenoxy) is 1. The molecule has 1 aromatic carbocycles. The lowest BCUT2D eigenvalue weighted by Crippen LogP contribution is -2.49. The van der Waals surface area contributed by atoms with E-state index in [1.54, 1.807) is 53.4 Å². The number of hydrogen-bond donors (Lipinski definition) is 3. The maximum absolute atomic E-state index is 14.2. The fourth-order valence-corrected chi connectivity index (χ4v) is 10.0. The molecule has 1 aliphatic heterocycles. The smallest absolute Gasteiger partial charge is 0.303 e. The quantitative estimate of drug-likeness (QED) is 0.0618. The summed E-state index contributed by atoms with van der Waals surface area (Å²) in [5, 5.41) is 20.7. The minimum absolute atomic E-state index is 0.0248. The van der Waals surface area contributed by atoms with E-state index in [9.17, 15) is 33.9 Å². The molecule has 0 bridgehead atoms. The lowest BCUT2D eigenvalue weighted by Gasteiger charge is -2.37. The van der Waals surface area contributed by atoms with Crippen LogP contribution < -0.4 is 10.6 Å². The molecule has 16 heteroatoms. The van der Waals surface area contributed by atoms with Crippen molar-refractivity contribution in [3.05, 3.63) is 56.2 Å². The van der Waals surface area contributed by atoms with Crippen LogP contribution in [0.4, 0.5) is 0 Å². The van der Waals surface area contributed by atoms with Gasteiger partial charge in [0.15, 0.2) is 11.9 Å². The second kappa shape index (κ2) is 24.9. The SMILES string of the molecule is CC(=O)O[C@H](C[C@H](C(C)C)N(C)C(=O)[C@@H](CC(=O)C(C)(C)N(C)C)C(C)C)c1nc(C(=O)N[C@@H](Cc2ccc(O)cc2)CC(C)C(=O)CCCCCNC(=O)C2=CSCS2)cs1. The summed E-state index contributed by atoms with van der Waals surface area (Å²) in [5.41, 5.74) is 0.268. The van der Waals surface area contributed by atoms with Crippen LogP contribution in [0, 0.1) is 23.7 Å². The van der Waals surface area contributed by atoms with Crippen molar-refractivity contribution in [3.63, 3.8) is 0 Å². The van der Waals surface area contributed by atoms with Crippen LogP contribution in [-0.2, 0) is 35.1 Å². The van der Waals surface area contributed by atoms with Crippen molar-refractivity contribution in [1.82, 2.24) is 25.4 Å². The Morgan fingerprint density at radius 3 is 2.18 bits per heavy atom. The van der Waals surface area contributed by atoms with E-state index in [0.717, 1.165) is 28.4 Å². The summed E-state index contributed by atoms with van der Waals surface area (Å²) in [5.74, 6) is -2.04. The highest BCUT2D eigenvalue weighted by atomic mass is 32.2. The summed E-state index contributed by atoms with van der Waals surface area (Å²) in [6, 6.07) is 5.90. The van der Waals surface area contributed by atoms with Crippen LogP contribution in [0.1, 0.15) is 127 Å². The van der Waals surface area contributed by atoms with Crippen molar-refractivity contribution in [3.8, 4) is 5.75 Å².